The first-order valence-corrected chi connectivity index (χ1v) is 9.19. The molecule has 3 rings (SSSR count). The summed E-state index contributed by atoms with van der Waals surface area (Å²) in [6, 6.07) is 8.54. The van der Waals surface area contributed by atoms with Crippen molar-refractivity contribution in [2.24, 2.45) is 0 Å². The van der Waals surface area contributed by atoms with Gasteiger partial charge in [0.2, 0.25) is 0 Å². The maximum absolute atomic E-state index is 12.9. The fourth-order valence-electron chi connectivity index (χ4n) is 2.67. The minimum Gasteiger partial charge on any atom is -0.389 e. The second kappa shape index (κ2) is 8.31. The molecule has 10 heteroatoms. The standard InChI is InChI=1S/C21H19F3N4O3/c1-20(2,31)12-26-18(29)16-10-17(13-5-7-14(8-6-13)21(22,23)24)27-28(19(16)30)15-4-3-9-25-11-15/h3-11,31H,12H2,1-2H3,(H,26,29). The molecule has 2 N–H and O–H groups in total. The number of pyridine rings is 1. The van der Waals surface area contributed by atoms with Crippen molar-refractivity contribution in [3.8, 4) is 16.9 Å². The van der Waals surface area contributed by atoms with Gasteiger partial charge >= 0.3 is 6.18 Å². The monoisotopic (exact) mass is 432 g/mol. The molecule has 0 fully saturated rings. The normalized spacial score (nSPS) is 11.9. The summed E-state index contributed by atoms with van der Waals surface area (Å²) in [5.74, 6) is -0.750. The fraction of sp³-hybridized carbons (Fsp3) is 0.238. The van der Waals surface area contributed by atoms with Crippen LogP contribution in [0.15, 0.2) is 59.7 Å². The second-order valence-electron chi connectivity index (χ2n) is 7.44. The van der Waals surface area contributed by atoms with Crippen LogP contribution in [0.2, 0.25) is 0 Å². The molecule has 2 aromatic heterocycles. The molecule has 1 aromatic carbocycles. The van der Waals surface area contributed by atoms with Gasteiger partial charge in [-0.05, 0) is 44.2 Å². The largest absolute Gasteiger partial charge is 0.416 e. The maximum Gasteiger partial charge on any atom is 0.416 e. The first kappa shape index (κ1) is 22.2. The van der Waals surface area contributed by atoms with Gasteiger partial charge < -0.3 is 10.4 Å². The first-order chi connectivity index (χ1) is 14.5. The molecule has 0 spiro atoms. The minimum absolute atomic E-state index is 0.115. The van der Waals surface area contributed by atoms with Crippen LogP contribution in [-0.4, -0.2) is 37.9 Å². The zero-order valence-corrected chi connectivity index (χ0v) is 16.6. The summed E-state index contributed by atoms with van der Waals surface area (Å²) >= 11 is 0. The Morgan fingerprint density at radius 3 is 2.39 bits per heavy atom. The molecule has 1 amide bonds. The minimum atomic E-state index is -4.50. The third-order valence-corrected chi connectivity index (χ3v) is 4.24. The first-order valence-electron chi connectivity index (χ1n) is 9.19. The van der Waals surface area contributed by atoms with Crippen LogP contribution in [-0.2, 0) is 6.18 Å². The van der Waals surface area contributed by atoms with Crippen molar-refractivity contribution in [2.75, 3.05) is 6.54 Å². The molecule has 162 valence electrons. The lowest BCUT2D eigenvalue weighted by atomic mass is 10.1. The Hall–Kier alpha value is -3.53. The van der Waals surface area contributed by atoms with E-state index in [4.69, 9.17) is 0 Å². The number of rotatable bonds is 5. The smallest absolute Gasteiger partial charge is 0.389 e. The van der Waals surface area contributed by atoms with Crippen LogP contribution in [0, 0.1) is 0 Å². The van der Waals surface area contributed by atoms with Crippen LogP contribution in [0.25, 0.3) is 16.9 Å². The van der Waals surface area contributed by atoms with Crippen molar-refractivity contribution in [1.29, 1.82) is 0 Å². The third kappa shape index (κ3) is 5.34. The Balaban J connectivity index is 2.11. The van der Waals surface area contributed by atoms with Gasteiger partial charge in [0.15, 0.2) is 0 Å². The number of aromatic nitrogens is 3. The molecular formula is C21H19F3N4O3. The van der Waals surface area contributed by atoms with Crippen molar-refractivity contribution in [2.45, 2.75) is 25.6 Å². The van der Waals surface area contributed by atoms with Gasteiger partial charge in [-0.25, -0.2) is 0 Å². The third-order valence-electron chi connectivity index (χ3n) is 4.24. The Bertz CT molecular complexity index is 1140. The van der Waals surface area contributed by atoms with Gasteiger partial charge in [0.05, 0.1) is 28.7 Å². The number of alkyl halides is 3. The number of carbonyl (C=O) groups excluding carboxylic acids is 1. The predicted molar refractivity (Wildman–Crippen MR) is 107 cm³/mol. The summed E-state index contributed by atoms with van der Waals surface area (Å²) in [6.45, 7) is 2.86. The molecule has 3 aromatic rings. The highest BCUT2D eigenvalue weighted by molar-refractivity contribution is 5.94. The zero-order chi connectivity index (χ0) is 22.8. The van der Waals surface area contributed by atoms with Crippen LogP contribution in [0.1, 0.15) is 29.8 Å². The van der Waals surface area contributed by atoms with Crippen molar-refractivity contribution in [1.82, 2.24) is 20.1 Å². The maximum atomic E-state index is 12.9. The van der Waals surface area contributed by atoms with E-state index in [9.17, 15) is 27.9 Å². The molecule has 0 unspecified atom stereocenters. The van der Waals surface area contributed by atoms with Gasteiger partial charge in [-0.15, -0.1) is 0 Å². The summed E-state index contributed by atoms with van der Waals surface area (Å²) in [5.41, 5.74) is -2.39. The van der Waals surface area contributed by atoms with Crippen LogP contribution in [0.4, 0.5) is 13.2 Å². The van der Waals surface area contributed by atoms with Crippen molar-refractivity contribution in [3.05, 3.63) is 76.3 Å². The number of aliphatic hydroxyl groups is 1. The number of hydrogen-bond donors (Lipinski definition) is 2. The molecule has 0 bridgehead atoms. The number of nitrogens with zero attached hydrogens (tertiary/aromatic N) is 3. The van der Waals surface area contributed by atoms with E-state index in [-0.39, 0.29) is 29.1 Å². The molecular weight excluding hydrogens is 413 g/mol. The quantitative estimate of drug-likeness (QED) is 0.646. The number of nitrogens with one attached hydrogen (secondary N) is 1. The Kier molecular flexibility index (Phi) is 5.94. The van der Waals surface area contributed by atoms with E-state index < -0.39 is 28.8 Å². The van der Waals surface area contributed by atoms with Crippen molar-refractivity contribution < 1.29 is 23.1 Å². The van der Waals surface area contributed by atoms with Gasteiger partial charge in [0.25, 0.3) is 11.5 Å². The highest BCUT2D eigenvalue weighted by Crippen LogP contribution is 2.30. The van der Waals surface area contributed by atoms with Gasteiger partial charge in [-0.1, -0.05) is 12.1 Å². The van der Waals surface area contributed by atoms with Gasteiger partial charge in [-0.3, -0.25) is 14.6 Å². The zero-order valence-electron chi connectivity index (χ0n) is 16.6. The highest BCUT2D eigenvalue weighted by Gasteiger charge is 2.30. The molecule has 0 aliphatic rings. The van der Waals surface area contributed by atoms with Crippen LogP contribution >= 0.6 is 0 Å². The average Bonchev–Trinajstić information content (AvgIpc) is 2.72. The van der Waals surface area contributed by atoms with Gasteiger partial charge in [-0.2, -0.15) is 23.0 Å². The van der Waals surface area contributed by atoms with Crippen LogP contribution in [0.3, 0.4) is 0 Å². The lowest BCUT2D eigenvalue weighted by molar-refractivity contribution is -0.137. The molecule has 0 aliphatic heterocycles. The molecule has 0 atom stereocenters. The fourth-order valence-corrected chi connectivity index (χ4v) is 2.67. The molecule has 31 heavy (non-hydrogen) atoms. The van der Waals surface area contributed by atoms with E-state index in [0.717, 1.165) is 16.8 Å². The lowest BCUT2D eigenvalue weighted by Gasteiger charge is -2.18. The number of halogens is 3. The van der Waals surface area contributed by atoms with E-state index in [1.807, 2.05) is 0 Å². The number of benzene rings is 1. The summed E-state index contributed by atoms with van der Waals surface area (Å²) in [5, 5.41) is 16.5. The van der Waals surface area contributed by atoms with Crippen LogP contribution < -0.4 is 10.9 Å². The molecule has 0 radical (unpaired) electrons. The molecule has 0 saturated heterocycles. The van der Waals surface area contributed by atoms with E-state index in [1.165, 1.54) is 44.4 Å². The number of amides is 1. The van der Waals surface area contributed by atoms with E-state index in [0.29, 0.717) is 0 Å². The SMILES string of the molecule is CC(C)(O)CNC(=O)c1cc(-c2ccc(C(F)(F)F)cc2)nn(-c2cccnc2)c1=O. The number of hydrogen-bond acceptors (Lipinski definition) is 5. The van der Waals surface area contributed by atoms with Crippen LogP contribution in [0.5, 0.6) is 0 Å². The molecule has 2 heterocycles. The van der Waals surface area contributed by atoms with Gasteiger partial charge in [0.1, 0.15) is 5.56 Å². The summed E-state index contributed by atoms with van der Waals surface area (Å²) in [4.78, 5) is 29.5. The van der Waals surface area contributed by atoms with Crippen molar-refractivity contribution in [3.63, 3.8) is 0 Å². The van der Waals surface area contributed by atoms with Gasteiger partial charge in [0, 0.05) is 18.3 Å². The molecule has 0 saturated carbocycles. The molecule has 0 aliphatic carbocycles. The van der Waals surface area contributed by atoms with Crippen molar-refractivity contribution >= 4 is 5.91 Å². The topological polar surface area (TPSA) is 97.1 Å². The Morgan fingerprint density at radius 1 is 1.16 bits per heavy atom. The summed E-state index contributed by atoms with van der Waals surface area (Å²) in [7, 11) is 0. The lowest BCUT2D eigenvalue weighted by Crippen LogP contribution is -2.41. The average molecular weight is 432 g/mol. The Labute approximate surface area is 175 Å². The predicted octanol–water partition coefficient (Wildman–Crippen LogP) is 2.81. The van der Waals surface area contributed by atoms with E-state index in [1.54, 1.807) is 12.1 Å². The molecule has 7 nitrogen and oxygen atoms in total. The Morgan fingerprint density at radius 2 is 1.84 bits per heavy atom. The second-order valence-corrected chi connectivity index (χ2v) is 7.44. The van der Waals surface area contributed by atoms with E-state index >= 15 is 0 Å². The summed E-state index contributed by atoms with van der Waals surface area (Å²) in [6.07, 6.45) is -1.64. The number of carbonyl (C=O) groups is 1. The highest BCUT2D eigenvalue weighted by atomic mass is 19.4. The van der Waals surface area contributed by atoms with E-state index in [2.05, 4.69) is 15.4 Å². The summed E-state index contributed by atoms with van der Waals surface area (Å²) < 4.78 is 39.6.